The van der Waals surface area contributed by atoms with Crippen molar-refractivity contribution in [3.05, 3.63) is 54.7 Å². The van der Waals surface area contributed by atoms with Gasteiger partial charge in [0.25, 0.3) is 5.91 Å². The van der Waals surface area contributed by atoms with Crippen molar-refractivity contribution in [2.45, 2.75) is 6.42 Å². The van der Waals surface area contributed by atoms with E-state index in [4.69, 9.17) is 5.73 Å². The summed E-state index contributed by atoms with van der Waals surface area (Å²) in [6.07, 6.45) is 2.58. The van der Waals surface area contributed by atoms with E-state index < -0.39 is 5.91 Å². The van der Waals surface area contributed by atoms with Gasteiger partial charge < -0.3 is 11.1 Å². The fraction of sp³-hybridized carbons (Fsp3) is 0.133. The maximum absolute atomic E-state index is 11.4. The number of nitrogens with zero attached hydrogens (tertiary/aromatic N) is 2. The van der Waals surface area contributed by atoms with Crippen LogP contribution in [-0.2, 0) is 0 Å². The van der Waals surface area contributed by atoms with Crippen LogP contribution >= 0.6 is 0 Å². The summed E-state index contributed by atoms with van der Waals surface area (Å²) in [5.74, 6) is -0.182. The highest BCUT2D eigenvalue weighted by molar-refractivity contribution is 5.92. The normalized spacial score (nSPS) is 10.0. The predicted molar refractivity (Wildman–Crippen MR) is 79.3 cm³/mol. The van der Waals surface area contributed by atoms with Crippen LogP contribution in [0.5, 0.6) is 0 Å². The Hall–Kier alpha value is -2.69. The second kappa shape index (κ2) is 6.47. The Bertz CT molecular complexity index is 611. The Morgan fingerprint density at radius 1 is 1.30 bits per heavy atom. The zero-order valence-electron chi connectivity index (χ0n) is 11.0. The lowest BCUT2D eigenvalue weighted by molar-refractivity contribution is 0.0995. The number of primary amides is 1. The summed E-state index contributed by atoms with van der Waals surface area (Å²) in [6.45, 7) is 4.30. The third-order valence-corrected chi connectivity index (χ3v) is 2.68. The van der Waals surface area contributed by atoms with Crippen molar-refractivity contribution < 1.29 is 4.79 Å². The molecule has 1 aromatic heterocycles. The van der Waals surface area contributed by atoms with Crippen LogP contribution in [0.4, 0.5) is 5.95 Å². The highest BCUT2D eigenvalue weighted by Gasteiger charge is 2.09. The van der Waals surface area contributed by atoms with Gasteiger partial charge in [0.05, 0.1) is 5.69 Å². The molecule has 102 valence electrons. The van der Waals surface area contributed by atoms with Gasteiger partial charge in [0.1, 0.15) is 5.69 Å². The van der Waals surface area contributed by atoms with Gasteiger partial charge in [-0.05, 0) is 12.5 Å². The molecule has 1 aromatic carbocycles. The van der Waals surface area contributed by atoms with E-state index in [1.165, 1.54) is 0 Å². The quantitative estimate of drug-likeness (QED) is 0.622. The first-order valence-corrected chi connectivity index (χ1v) is 6.30. The standard InChI is InChI=1S/C15H16N4O/c1-2-3-9-17-15-18-12(10-13(19-15)14(16)20)11-7-5-4-6-8-11/h2,4-8,10H,1,3,9H2,(H2,16,20)(H,17,18,19). The number of nitrogens with one attached hydrogen (secondary N) is 1. The fourth-order valence-electron chi connectivity index (χ4n) is 1.70. The first kappa shape index (κ1) is 13.7. The van der Waals surface area contributed by atoms with Crippen LogP contribution in [0.15, 0.2) is 49.1 Å². The van der Waals surface area contributed by atoms with E-state index in [2.05, 4.69) is 21.9 Å². The van der Waals surface area contributed by atoms with E-state index in [0.29, 0.717) is 18.2 Å². The van der Waals surface area contributed by atoms with Crippen molar-refractivity contribution in [3.63, 3.8) is 0 Å². The number of rotatable bonds is 6. The van der Waals surface area contributed by atoms with Crippen molar-refractivity contribution in [2.75, 3.05) is 11.9 Å². The largest absolute Gasteiger partial charge is 0.364 e. The lowest BCUT2D eigenvalue weighted by Gasteiger charge is -2.08. The van der Waals surface area contributed by atoms with Crippen LogP contribution in [0.1, 0.15) is 16.9 Å². The third-order valence-electron chi connectivity index (χ3n) is 2.68. The molecule has 0 saturated heterocycles. The number of hydrogen-bond acceptors (Lipinski definition) is 4. The van der Waals surface area contributed by atoms with Crippen molar-refractivity contribution >= 4 is 11.9 Å². The smallest absolute Gasteiger partial charge is 0.267 e. The number of hydrogen-bond donors (Lipinski definition) is 2. The molecular formula is C15H16N4O. The molecule has 0 spiro atoms. The monoisotopic (exact) mass is 268 g/mol. The fourth-order valence-corrected chi connectivity index (χ4v) is 1.70. The van der Waals surface area contributed by atoms with Gasteiger partial charge in [0.2, 0.25) is 5.95 Å². The maximum Gasteiger partial charge on any atom is 0.267 e. The summed E-state index contributed by atoms with van der Waals surface area (Å²) in [5, 5.41) is 3.05. The van der Waals surface area contributed by atoms with Crippen LogP contribution in [0.2, 0.25) is 0 Å². The first-order chi connectivity index (χ1) is 9.70. The number of benzene rings is 1. The topological polar surface area (TPSA) is 80.9 Å². The molecule has 0 aliphatic rings. The lowest BCUT2D eigenvalue weighted by atomic mass is 10.1. The number of carbonyl (C=O) groups excluding carboxylic acids is 1. The van der Waals surface area contributed by atoms with E-state index in [1.807, 2.05) is 30.3 Å². The minimum absolute atomic E-state index is 0.194. The van der Waals surface area contributed by atoms with Gasteiger partial charge in [0.15, 0.2) is 0 Å². The molecule has 0 unspecified atom stereocenters. The van der Waals surface area contributed by atoms with Crippen molar-refractivity contribution in [1.29, 1.82) is 0 Å². The van der Waals surface area contributed by atoms with Crippen LogP contribution in [-0.4, -0.2) is 22.4 Å². The van der Waals surface area contributed by atoms with Crippen LogP contribution in [0, 0.1) is 0 Å². The molecule has 0 radical (unpaired) electrons. The number of nitrogens with two attached hydrogens (primary N) is 1. The summed E-state index contributed by atoms with van der Waals surface area (Å²) in [7, 11) is 0. The number of amides is 1. The van der Waals surface area contributed by atoms with Gasteiger partial charge in [-0.25, -0.2) is 9.97 Å². The number of carbonyl (C=O) groups is 1. The molecule has 2 aromatic rings. The van der Waals surface area contributed by atoms with Gasteiger partial charge in [-0.3, -0.25) is 4.79 Å². The van der Waals surface area contributed by atoms with Crippen LogP contribution in [0.25, 0.3) is 11.3 Å². The Labute approximate surface area is 117 Å². The van der Waals surface area contributed by atoms with Gasteiger partial charge in [-0.2, -0.15) is 0 Å². The van der Waals surface area contributed by atoms with E-state index >= 15 is 0 Å². The summed E-state index contributed by atoms with van der Waals surface area (Å²) in [6, 6.07) is 11.2. The highest BCUT2D eigenvalue weighted by atomic mass is 16.1. The van der Waals surface area contributed by atoms with E-state index in [0.717, 1.165) is 12.0 Å². The molecule has 1 amide bonds. The van der Waals surface area contributed by atoms with Crippen LogP contribution < -0.4 is 11.1 Å². The van der Waals surface area contributed by atoms with Crippen molar-refractivity contribution in [3.8, 4) is 11.3 Å². The first-order valence-electron chi connectivity index (χ1n) is 6.30. The molecule has 20 heavy (non-hydrogen) atoms. The Morgan fingerprint density at radius 3 is 2.70 bits per heavy atom. The molecule has 0 aliphatic heterocycles. The highest BCUT2D eigenvalue weighted by Crippen LogP contribution is 2.18. The zero-order valence-corrected chi connectivity index (χ0v) is 11.0. The molecule has 3 N–H and O–H groups in total. The van der Waals surface area contributed by atoms with Crippen LogP contribution in [0.3, 0.4) is 0 Å². The molecule has 5 heteroatoms. The van der Waals surface area contributed by atoms with E-state index in [1.54, 1.807) is 12.1 Å². The minimum atomic E-state index is -0.573. The third kappa shape index (κ3) is 3.41. The van der Waals surface area contributed by atoms with E-state index in [-0.39, 0.29) is 5.69 Å². The second-order valence-electron chi connectivity index (χ2n) is 4.20. The van der Waals surface area contributed by atoms with Gasteiger partial charge in [-0.1, -0.05) is 36.4 Å². The molecule has 1 heterocycles. The average Bonchev–Trinajstić information content (AvgIpc) is 2.48. The molecular weight excluding hydrogens is 252 g/mol. The predicted octanol–water partition coefficient (Wildman–Crippen LogP) is 2.23. The molecule has 0 aliphatic carbocycles. The average molecular weight is 268 g/mol. The summed E-state index contributed by atoms with van der Waals surface area (Å²) < 4.78 is 0. The van der Waals surface area contributed by atoms with E-state index in [9.17, 15) is 4.79 Å². The Kier molecular flexibility index (Phi) is 4.44. The molecule has 5 nitrogen and oxygen atoms in total. The van der Waals surface area contributed by atoms with Crippen molar-refractivity contribution in [1.82, 2.24) is 9.97 Å². The summed E-state index contributed by atoms with van der Waals surface area (Å²) in [5.41, 5.74) is 7.07. The molecule has 0 bridgehead atoms. The van der Waals surface area contributed by atoms with Gasteiger partial charge in [-0.15, -0.1) is 6.58 Å². The second-order valence-corrected chi connectivity index (χ2v) is 4.20. The minimum Gasteiger partial charge on any atom is -0.364 e. The van der Waals surface area contributed by atoms with Gasteiger partial charge in [0, 0.05) is 12.1 Å². The SMILES string of the molecule is C=CCCNc1nc(C(N)=O)cc(-c2ccccc2)n1. The number of aromatic nitrogens is 2. The summed E-state index contributed by atoms with van der Waals surface area (Å²) >= 11 is 0. The zero-order chi connectivity index (χ0) is 14.4. The Balaban J connectivity index is 2.36. The maximum atomic E-state index is 11.4. The Morgan fingerprint density at radius 2 is 2.05 bits per heavy atom. The molecule has 0 saturated carbocycles. The van der Waals surface area contributed by atoms with Crippen molar-refractivity contribution in [2.24, 2.45) is 5.73 Å². The summed E-state index contributed by atoms with van der Waals surface area (Å²) in [4.78, 5) is 19.8. The molecule has 0 fully saturated rings. The molecule has 2 rings (SSSR count). The van der Waals surface area contributed by atoms with Gasteiger partial charge >= 0.3 is 0 Å². The lowest BCUT2D eigenvalue weighted by Crippen LogP contribution is -2.16. The molecule has 0 atom stereocenters. The number of anilines is 1.